The summed E-state index contributed by atoms with van der Waals surface area (Å²) in [5.74, 6) is -1.19. The van der Waals surface area contributed by atoms with E-state index in [9.17, 15) is 22.8 Å². The summed E-state index contributed by atoms with van der Waals surface area (Å²) in [5, 5.41) is 2.14. The number of ether oxygens (including phenoxy) is 2. The van der Waals surface area contributed by atoms with E-state index in [1.54, 1.807) is 13.0 Å². The molecule has 0 heterocycles. The molecule has 0 saturated carbocycles. The Kier molecular flexibility index (Phi) is 6.09. The summed E-state index contributed by atoms with van der Waals surface area (Å²) < 4.78 is 49.1. The maximum Gasteiger partial charge on any atom is 0.418 e. The minimum absolute atomic E-state index is 0.160. The van der Waals surface area contributed by atoms with Crippen LogP contribution in [0, 0.1) is 6.92 Å². The molecule has 27 heavy (non-hydrogen) atoms. The van der Waals surface area contributed by atoms with Crippen LogP contribution in [0.5, 0.6) is 5.75 Å². The highest BCUT2D eigenvalue weighted by atomic mass is 19.4. The van der Waals surface area contributed by atoms with E-state index in [0.29, 0.717) is 5.75 Å². The van der Waals surface area contributed by atoms with Gasteiger partial charge in [0.2, 0.25) is 0 Å². The van der Waals surface area contributed by atoms with Crippen LogP contribution in [0.3, 0.4) is 0 Å². The third-order valence-electron chi connectivity index (χ3n) is 3.79. The van der Waals surface area contributed by atoms with Gasteiger partial charge in [0.1, 0.15) is 5.75 Å². The lowest BCUT2D eigenvalue weighted by atomic mass is 10.1. The molecule has 1 atom stereocenters. The molecule has 144 valence electrons. The summed E-state index contributed by atoms with van der Waals surface area (Å²) in [4.78, 5) is 24.3. The van der Waals surface area contributed by atoms with Crippen molar-refractivity contribution in [2.24, 2.45) is 0 Å². The number of halogens is 3. The van der Waals surface area contributed by atoms with E-state index in [-0.39, 0.29) is 5.56 Å². The van der Waals surface area contributed by atoms with Crippen molar-refractivity contribution < 1.29 is 32.2 Å². The fourth-order valence-electron chi connectivity index (χ4n) is 2.30. The number of alkyl halides is 3. The van der Waals surface area contributed by atoms with E-state index >= 15 is 0 Å². The van der Waals surface area contributed by atoms with Crippen LogP contribution in [0.25, 0.3) is 0 Å². The number of anilines is 1. The summed E-state index contributed by atoms with van der Waals surface area (Å²) in [6.45, 7) is 3.07. The first kappa shape index (κ1) is 20.3. The number of para-hydroxylation sites is 1. The molecule has 5 nitrogen and oxygen atoms in total. The number of methoxy groups -OCH3 is 1. The van der Waals surface area contributed by atoms with Gasteiger partial charge in [-0.05, 0) is 43.7 Å². The Hall–Kier alpha value is -3.03. The van der Waals surface area contributed by atoms with Crippen LogP contribution in [0.2, 0.25) is 0 Å². The molecule has 1 amide bonds. The van der Waals surface area contributed by atoms with Gasteiger partial charge in [-0.1, -0.05) is 18.2 Å². The molecule has 0 aliphatic heterocycles. The molecule has 0 aliphatic rings. The lowest BCUT2D eigenvalue weighted by molar-refractivity contribution is -0.137. The van der Waals surface area contributed by atoms with Crippen LogP contribution >= 0.6 is 0 Å². The molecule has 8 heteroatoms. The number of rotatable bonds is 5. The molecule has 2 aromatic carbocycles. The molecule has 2 aromatic rings. The molecule has 0 unspecified atom stereocenters. The van der Waals surface area contributed by atoms with Crippen LogP contribution in [0.4, 0.5) is 18.9 Å². The number of esters is 1. The van der Waals surface area contributed by atoms with Gasteiger partial charge in [-0.2, -0.15) is 13.2 Å². The first-order chi connectivity index (χ1) is 12.6. The van der Waals surface area contributed by atoms with Crippen molar-refractivity contribution in [3.8, 4) is 5.75 Å². The molecule has 2 rings (SSSR count). The standard InChI is InChI=1S/C19H18F3NO4/c1-11-8-9-13(10-16(11)26-3)18(25)27-12(2)17(24)23-15-7-5-4-6-14(15)19(20,21)22/h4-10,12H,1-3H3,(H,23,24)/t12-/m0/s1. The van der Waals surface area contributed by atoms with Crippen LogP contribution in [0.1, 0.15) is 28.4 Å². The summed E-state index contributed by atoms with van der Waals surface area (Å²) in [6, 6.07) is 9.17. The Morgan fingerprint density at radius 2 is 1.78 bits per heavy atom. The van der Waals surface area contributed by atoms with Gasteiger partial charge in [0.05, 0.1) is 23.9 Å². The zero-order valence-corrected chi connectivity index (χ0v) is 14.9. The third kappa shape index (κ3) is 4.99. The molecule has 0 aromatic heterocycles. The van der Waals surface area contributed by atoms with E-state index in [2.05, 4.69) is 5.32 Å². The zero-order chi connectivity index (χ0) is 20.2. The van der Waals surface area contributed by atoms with Crippen molar-refractivity contribution in [2.45, 2.75) is 26.1 Å². The summed E-state index contributed by atoms with van der Waals surface area (Å²) in [5.41, 5.74) is -0.425. The molecular formula is C19H18F3NO4. The molecule has 0 saturated heterocycles. The molecular weight excluding hydrogens is 363 g/mol. The van der Waals surface area contributed by atoms with Gasteiger partial charge < -0.3 is 14.8 Å². The second-order valence-electron chi connectivity index (χ2n) is 5.76. The summed E-state index contributed by atoms with van der Waals surface area (Å²) >= 11 is 0. The average molecular weight is 381 g/mol. The van der Waals surface area contributed by atoms with Gasteiger partial charge in [-0.3, -0.25) is 4.79 Å². The second kappa shape index (κ2) is 8.11. The Bertz CT molecular complexity index is 849. The number of hydrogen-bond acceptors (Lipinski definition) is 4. The molecule has 0 spiro atoms. The van der Waals surface area contributed by atoms with Gasteiger partial charge in [0.15, 0.2) is 6.10 Å². The van der Waals surface area contributed by atoms with Crippen molar-refractivity contribution in [1.29, 1.82) is 0 Å². The van der Waals surface area contributed by atoms with Crippen molar-refractivity contribution in [3.63, 3.8) is 0 Å². The Morgan fingerprint density at radius 1 is 1.11 bits per heavy atom. The molecule has 0 bridgehead atoms. The minimum Gasteiger partial charge on any atom is -0.496 e. The second-order valence-corrected chi connectivity index (χ2v) is 5.76. The van der Waals surface area contributed by atoms with Gasteiger partial charge in [-0.25, -0.2) is 4.79 Å². The van der Waals surface area contributed by atoms with E-state index in [1.807, 2.05) is 0 Å². The third-order valence-corrected chi connectivity index (χ3v) is 3.79. The zero-order valence-electron chi connectivity index (χ0n) is 14.9. The van der Waals surface area contributed by atoms with Crippen LogP contribution in [-0.4, -0.2) is 25.1 Å². The Labute approximate surface area is 154 Å². The highest BCUT2D eigenvalue weighted by Gasteiger charge is 2.34. The van der Waals surface area contributed by atoms with Gasteiger partial charge in [0, 0.05) is 0 Å². The van der Waals surface area contributed by atoms with Gasteiger partial charge in [-0.15, -0.1) is 0 Å². The Morgan fingerprint density at radius 3 is 2.41 bits per heavy atom. The highest BCUT2D eigenvalue weighted by molar-refractivity contribution is 5.98. The SMILES string of the molecule is COc1cc(C(=O)O[C@@H](C)C(=O)Nc2ccccc2C(F)(F)F)ccc1C. The van der Waals surface area contributed by atoms with Crippen LogP contribution in [-0.2, 0) is 15.7 Å². The minimum atomic E-state index is -4.62. The predicted molar refractivity (Wildman–Crippen MR) is 92.7 cm³/mol. The maximum absolute atomic E-state index is 13.0. The van der Waals surface area contributed by atoms with Crippen molar-refractivity contribution in [1.82, 2.24) is 0 Å². The first-order valence-corrected chi connectivity index (χ1v) is 7.96. The van der Waals surface area contributed by atoms with Crippen LogP contribution < -0.4 is 10.1 Å². The number of carbonyl (C=O) groups excluding carboxylic acids is 2. The smallest absolute Gasteiger partial charge is 0.418 e. The molecule has 0 radical (unpaired) electrons. The average Bonchev–Trinajstić information content (AvgIpc) is 2.61. The number of benzene rings is 2. The lowest BCUT2D eigenvalue weighted by Crippen LogP contribution is -2.30. The van der Waals surface area contributed by atoms with E-state index in [1.165, 1.54) is 38.3 Å². The van der Waals surface area contributed by atoms with E-state index in [4.69, 9.17) is 9.47 Å². The molecule has 0 fully saturated rings. The predicted octanol–water partition coefficient (Wildman–Crippen LogP) is 4.21. The maximum atomic E-state index is 13.0. The van der Waals surface area contributed by atoms with Crippen molar-refractivity contribution >= 4 is 17.6 Å². The summed E-state index contributed by atoms with van der Waals surface area (Å²) in [6.07, 6.45) is -5.92. The number of hydrogen-bond donors (Lipinski definition) is 1. The quantitative estimate of drug-likeness (QED) is 0.789. The van der Waals surface area contributed by atoms with Crippen molar-refractivity contribution in [2.75, 3.05) is 12.4 Å². The number of aryl methyl sites for hydroxylation is 1. The van der Waals surface area contributed by atoms with Gasteiger partial charge in [0.25, 0.3) is 5.91 Å². The highest BCUT2D eigenvalue weighted by Crippen LogP contribution is 2.34. The van der Waals surface area contributed by atoms with Crippen molar-refractivity contribution in [3.05, 3.63) is 59.2 Å². The fourth-order valence-corrected chi connectivity index (χ4v) is 2.30. The molecule has 1 N–H and O–H groups in total. The topological polar surface area (TPSA) is 64.6 Å². The van der Waals surface area contributed by atoms with E-state index in [0.717, 1.165) is 17.7 Å². The fraction of sp³-hybridized carbons (Fsp3) is 0.263. The number of nitrogens with one attached hydrogen (secondary N) is 1. The number of amides is 1. The largest absolute Gasteiger partial charge is 0.496 e. The van der Waals surface area contributed by atoms with Crippen LogP contribution in [0.15, 0.2) is 42.5 Å². The monoisotopic (exact) mass is 381 g/mol. The normalized spacial score (nSPS) is 12.2. The number of carbonyl (C=O) groups is 2. The van der Waals surface area contributed by atoms with E-state index < -0.39 is 35.4 Å². The Balaban J connectivity index is 2.09. The summed E-state index contributed by atoms with van der Waals surface area (Å²) in [7, 11) is 1.45. The first-order valence-electron chi connectivity index (χ1n) is 7.96. The molecule has 0 aliphatic carbocycles. The van der Waals surface area contributed by atoms with Gasteiger partial charge >= 0.3 is 12.1 Å². The lowest BCUT2D eigenvalue weighted by Gasteiger charge is -2.17.